The standard InChI is InChI=1S/C12H20N2O/c13-9-11(12-4-2-8-15-12)14-7-1-3-10-5-6-10/h2,4,8,10-11,14H,1,3,5-7,9,13H2. The van der Waals surface area contributed by atoms with Gasteiger partial charge in [-0.3, -0.25) is 0 Å². The fourth-order valence-electron chi connectivity index (χ4n) is 1.86. The van der Waals surface area contributed by atoms with Gasteiger partial charge in [0.1, 0.15) is 5.76 Å². The molecular formula is C12H20N2O. The summed E-state index contributed by atoms with van der Waals surface area (Å²) in [6.07, 6.45) is 7.20. The van der Waals surface area contributed by atoms with E-state index in [1.807, 2.05) is 12.1 Å². The molecule has 3 heteroatoms. The van der Waals surface area contributed by atoms with Crippen molar-refractivity contribution in [3.8, 4) is 0 Å². The second-order valence-electron chi connectivity index (χ2n) is 4.34. The Morgan fingerprint density at radius 2 is 2.40 bits per heavy atom. The molecular weight excluding hydrogens is 188 g/mol. The van der Waals surface area contributed by atoms with Gasteiger partial charge in [0, 0.05) is 6.54 Å². The summed E-state index contributed by atoms with van der Waals surface area (Å²) in [4.78, 5) is 0. The number of nitrogens with two attached hydrogens (primary N) is 1. The first-order valence-corrected chi connectivity index (χ1v) is 5.87. The second kappa shape index (κ2) is 5.33. The molecule has 2 rings (SSSR count). The molecule has 1 aliphatic rings. The lowest BCUT2D eigenvalue weighted by atomic mass is 10.2. The minimum absolute atomic E-state index is 0.180. The van der Waals surface area contributed by atoms with E-state index in [9.17, 15) is 0 Å². The van der Waals surface area contributed by atoms with Crippen LogP contribution in [0, 0.1) is 5.92 Å². The number of rotatable bonds is 7. The smallest absolute Gasteiger partial charge is 0.121 e. The van der Waals surface area contributed by atoms with Crippen molar-refractivity contribution in [3.05, 3.63) is 24.2 Å². The van der Waals surface area contributed by atoms with Crippen molar-refractivity contribution >= 4 is 0 Å². The van der Waals surface area contributed by atoms with Crippen molar-refractivity contribution in [2.45, 2.75) is 31.7 Å². The molecule has 0 spiro atoms. The monoisotopic (exact) mass is 208 g/mol. The van der Waals surface area contributed by atoms with Crippen molar-refractivity contribution in [2.24, 2.45) is 11.7 Å². The summed E-state index contributed by atoms with van der Waals surface area (Å²) in [5.74, 6) is 1.97. The summed E-state index contributed by atoms with van der Waals surface area (Å²) in [7, 11) is 0. The van der Waals surface area contributed by atoms with Crippen molar-refractivity contribution in [1.82, 2.24) is 5.32 Å². The van der Waals surface area contributed by atoms with E-state index in [4.69, 9.17) is 10.2 Å². The summed E-state index contributed by atoms with van der Waals surface area (Å²) < 4.78 is 5.33. The van der Waals surface area contributed by atoms with Crippen LogP contribution in [0.2, 0.25) is 0 Å². The Morgan fingerprint density at radius 1 is 1.53 bits per heavy atom. The van der Waals surface area contributed by atoms with Crippen molar-refractivity contribution in [1.29, 1.82) is 0 Å². The van der Waals surface area contributed by atoms with E-state index in [1.165, 1.54) is 25.7 Å². The van der Waals surface area contributed by atoms with Crippen LogP contribution < -0.4 is 11.1 Å². The SMILES string of the molecule is NCC(NCCCC1CC1)c1ccco1. The maximum Gasteiger partial charge on any atom is 0.121 e. The van der Waals surface area contributed by atoms with Gasteiger partial charge in [-0.2, -0.15) is 0 Å². The van der Waals surface area contributed by atoms with E-state index in [1.54, 1.807) is 6.26 Å². The molecule has 0 radical (unpaired) electrons. The summed E-state index contributed by atoms with van der Waals surface area (Å²) in [5, 5.41) is 3.44. The predicted molar refractivity (Wildman–Crippen MR) is 60.5 cm³/mol. The van der Waals surface area contributed by atoms with Crippen LogP contribution in [0.25, 0.3) is 0 Å². The Morgan fingerprint density at radius 3 is 3.00 bits per heavy atom. The van der Waals surface area contributed by atoms with Gasteiger partial charge in [-0.15, -0.1) is 0 Å². The zero-order chi connectivity index (χ0) is 10.5. The highest BCUT2D eigenvalue weighted by atomic mass is 16.3. The molecule has 1 fully saturated rings. The number of hydrogen-bond acceptors (Lipinski definition) is 3. The summed E-state index contributed by atoms with van der Waals surface area (Å²) in [5.41, 5.74) is 5.70. The Bertz CT molecular complexity index is 267. The first-order valence-electron chi connectivity index (χ1n) is 5.87. The molecule has 1 heterocycles. The Kier molecular flexibility index (Phi) is 3.80. The van der Waals surface area contributed by atoms with Gasteiger partial charge in [0.05, 0.1) is 12.3 Å². The molecule has 0 bridgehead atoms. The number of nitrogens with one attached hydrogen (secondary N) is 1. The number of hydrogen-bond donors (Lipinski definition) is 2. The van der Waals surface area contributed by atoms with E-state index in [-0.39, 0.29) is 6.04 Å². The maximum absolute atomic E-state index is 5.70. The van der Waals surface area contributed by atoms with E-state index >= 15 is 0 Å². The van der Waals surface area contributed by atoms with Crippen LogP contribution in [-0.4, -0.2) is 13.1 Å². The van der Waals surface area contributed by atoms with Crippen LogP contribution in [0.1, 0.15) is 37.5 Å². The van der Waals surface area contributed by atoms with E-state index in [2.05, 4.69) is 5.32 Å². The van der Waals surface area contributed by atoms with Crippen molar-refractivity contribution in [2.75, 3.05) is 13.1 Å². The van der Waals surface area contributed by atoms with E-state index < -0.39 is 0 Å². The van der Waals surface area contributed by atoms with Gasteiger partial charge in [-0.25, -0.2) is 0 Å². The van der Waals surface area contributed by atoms with Crippen molar-refractivity contribution in [3.63, 3.8) is 0 Å². The molecule has 15 heavy (non-hydrogen) atoms. The molecule has 3 nitrogen and oxygen atoms in total. The molecule has 1 saturated carbocycles. The third-order valence-corrected chi connectivity index (χ3v) is 3.00. The zero-order valence-electron chi connectivity index (χ0n) is 9.11. The normalized spacial score (nSPS) is 17.9. The molecule has 0 saturated heterocycles. The first-order chi connectivity index (χ1) is 7.40. The highest BCUT2D eigenvalue weighted by Gasteiger charge is 2.20. The van der Waals surface area contributed by atoms with Gasteiger partial charge < -0.3 is 15.5 Å². The first kappa shape index (κ1) is 10.7. The number of furan rings is 1. The van der Waals surface area contributed by atoms with Crippen LogP contribution >= 0.6 is 0 Å². The second-order valence-corrected chi connectivity index (χ2v) is 4.34. The Balaban J connectivity index is 1.66. The van der Waals surface area contributed by atoms with Gasteiger partial charge >= 0.3 is 0 Å². The largest absolute Gasteiger partial charge is 0.468 e. The third-order valence-electron chi connectivity index (χ3n) is 3.00. The topological polar surface area (TPSA) is 51.2 Å². The molecule has 1 aliphatic carbocycles. The lowest BCUT2D eigenvalue weighted by molar-refractivity contribution is 0.411. The van der Waals surface area contributed by atoms with Gasteiger partial charge in [-0.1, -0.05) is 12.8 Å². The lowest BCUT2D eigenvalue weighted by Gasteiger charge is -2.13. The Hall–Kier alpha value is -0.800. The van der Waals surface area contributed by atoms with Crippen LogP contribution in [-0.2, 0) is 0 Å². The van der Waals surface area contributed by atoms with Crippen molar-refractivity contribution < 1.29 is 4.42 Å². The summed E-state index contributed by atoms with van der Waals surface area (Å²) in [6, 6.07) is 4.06. The minimum atomic E-state index is 0.180. The van der Waals surface area contributed by atoms with Crippen LogP contribution in [0.5, 0.6) is 0 Å². The fraction of sp³-hybridized carbons (Fsp3) is 0.667. The minimum Gasteiger partial charge on any atom is -0.468 e. The summed E-state index contributed by atoms with van der Waals surface area (Å²) in [6.45, 7) is 1.63. The maximum atomic E-state index is 5.70. The molecule has 0 amide bonds. The fourth-order valence-corrected chi connectivity index (χ4v) is 1.86. The predicted octanol–water partition coefficient (Wildman–Crippen LogP) is 2.06. The van der Waals surface area contributed by atoms with Crippen LogP contribution in [0.3, 0.4) is 0 Å². The molecule has 3 N–H and O–H groups in total. The summed E-state index contributed by atoms with van der Waals surface area (Å²) >= 11 is 0. The Labute approximate surface area is 91.0 Å². The molecule has 1 aromatic heterocycles. The highest BCUT2D eigenvalue weighted by Crippen LogP contribution is 2.33. The molecule has 84 valence electrons. The quantitative estimate of drug-likeness (QED) is 0.674. The van der Waals surface area contributed by atoms with E-state index in [0.717, 1.165) is 18.2 Å². The van der Waals surface area contributed by atoms with Gasteiger partial charge in [0.15, 0.2) is 0 Å². The molecule has 0 aliphatic heterocycles. The van der Waals surface area contributed by atoms with Crippen LogP contribution in [0.15, 0.2) is 22.8 Å². The average molecular weight is 208 g/mol. The van der Waals surface area contributed by atoms with Gasteiger partial charge in [-0.05, 0) is 37.4 Å². The highest BCUT2D eigenvalue weighted by molar-refractivity contribution is 5.04. The lowest BCUT2D eigenvalue weighted by Crippen LogP contribution is -2.28. The molecule has 1 aromatic rings. The van der Waals surface area contributed by atoms with Crippen LogP contribution in [0.4, 0.5) is 0 Å². The zero-order valence-corrected chi connectivity index (χ0v) is 9.11. The van der Waals surface area contributed by atoms with E-state index in [0.29, 0.717) is 6.54 Å². The van der Waals surface area contributed by atoms with Gasteiger partial charge in [0.2, 0.25) is 0 Å². The average Bonchev–Trinajstić information content (AvgIpc) is 2.92. The third kappa shape index (κ3) is 3.36. The molecule has 0 aromatic carbocycles. The molecule has 1 unspecified atom stereocenters. The molecule has 1 atom stereocenters. The van der Waals surface area contributed by atoms with Gasteiger partial charge in [0.25, 0.3) is 0 Å².